The van der Waals surface area contributed by atoms with Crippen molar-refractivity contribution in [3.63, 3.8) is 0 Å². The predicted octanol–water partition coefficient (Wildman–Crippen LogP) is 6.96. The van der Waals surface area contributed by atoms with E-state index in [0.717, 1.165) is 68.7 Å². The Morgan fingerprint density at radius 2 is 1.09 bits per heavy atom. The van der Waals surface area contributed by atoms with Gasteiger partial charge in [0.05, 0.1) is 34.2 Å². The molecular formula is C40H48N8O7. The van der Waals surface area contributed by atoms with E-state index in [9.17, 15) is 29.4 Å². The number of hydrogen-bond acceptors (Lipinski definition) is 7. The summed E-state index contributed by atoms with van der Waals surface area (Å²) in [6.07, 6.45) is 0.769. The van der Waals surface area contributed by atoms with E-state index in [-0.39, 0.29) is 35.7 Å². The molecule has 5 heterocycles. The van der Waals surface area contributed by atoms with Gasteiger partial charge in [0.25, 0.3) is 0 Å². The number of fused-ring (bicyclic) bond motifs is 2. The standard InChI is InChI=1S/C40H48N8O7/c1-21(2)33(45(5)39(51)52)37(49)47-17-7-9-29(47)35-41-25-13-11-23(19-27(25)43-35)31-15-16-32(55-31)24-12-14-26-28(20-24)44-36(42-26)30-10-8-18-48(30)38(50)34(22(3)4)46(6)40(53)54/h11-16,19-22,29-30,33-34H,7-10,17-18H2,1-6H3,(H,41,43)(H,42,44)(H,51,52)(H,53,54)/t29-,30-,33-,34-/m0/s1. The van der Waals surface area contributed by atoms with Gasteiger partial charge in [0.1, 0.15) is 35.3 Å². The minimum Gasteiger partial charge on any atom is -0.465 e. The molecule has 7 rings (SSSR count). The molecule has 4 atom stereocenters. The molecule has 4 amide bonds. The number of carbonyl (C=O) groups is 4. The maximum Gasteiger partial charge on any atom is 0.407 e. The number of likely N-dealkylation sites (N-methyl/N-ethyl adjacent to an activating group) is 2. The van der Waals surface area contributed by atoms with Gasteiger partial charge in [-0.1, -0.05) is 27.7 Å². The molecule has 15 heteroatoms. The second-order valence-corrected chi connectivity index (χ2v) is 15.4. The number of likely N-dealkylation sites (tertiary alicyclic amines) is 2. The summed E-state index contributed by atoms with van der Waals surface area (Å²) < 4.78 is 6.36. The van der Waals surface area contributed by atoms with Crippen LogP contribution < -0.4 is 0 Å². The summed E-state index contributed by atoms with van der Waals surface area (Å²) in [4.78, 5) is 73.1. The summed E-state index contributed by atoms with van der Waals surface area (Å²) in [5, 5.41) is 19.2. The molecule has 0 saturated carbocycles. The van der Waals surface area contributed by atoms with Crippen LogP contribution in [0.2, 0.25) is 0 Å². The van der Waals surface area contributed by atoms with E-state index >= 15 is 0 Å². The van der Waals surface area contributed by atoms with E-state index in [1.54, 1.807) is 9.80 Å². The highest BCUT2D eigenvalue weighted by molar-refractivity contribution is 5.88. The third kappa shape index (κ3) is 6.98. The fourth-order valence-corrected chi connectivity index (χ4v) is 8.32. The van der Waals surface area contributed by atoms with Crippen LogP contribution in [0.1, 0.15) is 77.1 Å². The molecule has 2 aromatic carbocycles. The fourth-order valence-electron chi connectivity index (χ4n) is 8.32. The fraction of sp³-hybridized carbons (Fsp3) is 0.450. The molecule has 2 aliphatic rings. The van der Waals surface area contributed by atoms with E-state index in [0.29, 0.717) is 36.3 Å². The Morgan fingerprint density at radius 1 is 0.691 bits per heavy atom. The molecule has 0 aliphatic carbocycles. The summed E-state index contributed by atoms with van der Waals surface area (Å²) in [6.45, 7) is 8.48. The number of amides is 4. The van der Waals surface area contributed by atoms with Crippen molar-refractivity contribution in [1.82, 2.24) is 39.5 Å². The normalized spacial score (nSPS) is 18.5. The molecule has 0 radical (unpaired) electrons. The summed E-state index contributed by atoms with van der Waals surface area (Å²) >= 11 is 0. The van der Waals surface area contributed by atoms with Crippen LogP contribution in [0.3, 0.4) is 0 Å². The number of carboxylic acid groups (broad SMARTS) is 2. The first-order valence-corrected chi connectivity index (χ1v) is 18.9. The minimum absolute atomic E-state index is 0.191. The van der Waals surface area contributed by atoms with Crippen molar-refractivity contribution in [3.8, 4) is 22.6 Å². The Bertz CT molecular complexity index is 2100. The number of nitrogens with zero attached hydrogens (tertiary/aromatic N) is 6. The molecule has 0 bridgehead atoms. The zero-order chi connectivity index (χ0) is 39.3. The first-order chi connectivity index (χ1) is 26.2. The topological polar surface area (TPSA) is 192 Å². The van der Waals surface area contributed by atoms with E-state index in [4.69, 9.17) is 14.4 Å². The van der Waals surface area contributed by atoms with Gasteiger partial charge in [0.2, 0.25) is 11.8 Å². The number of hydrogen-bond donors (Lipinski definition) is 4. The highest BCUT2D eigenvalue weighted by Gasteiger charge is 2.41. The summed E-state index contributed by atoms with van der Waals surface area (Å²) in [5.41, 5.74) is 4.77. The highest BCUT2D eigenvalue weighted by Crippen LogP contribution is 2.37. The Labute approximate surface area is 318 Å². The first-order valence-electron chi connectivity index (χ1n) is 18.9. The third-order valence-corrected chi connectivity index (χ3v) is 11.1. The van der Waals surface area contributed by atoms with Crippen LogP contribution in [-0.4, -0.2) is 113 Å². The van der Waals surface area contributed by atoms with E-state index in [2.05, 4.69) is 9.97 Å². The van der Waals surface area contributed by atoms with Crippen molar-refractivity contribution in [3.05, 3.63) is 60.2 Å². The maximum atomic E-state index is 13.7. The van der Waals surface area contributed by atoms with Crippen molar-refractivity contribution >= 4 is 46.1 Å². The summed E-state index contributed by atoms with van der Waals surface area (Å²) in [5.74, 6) is 1.84. The number of aromatic amines is 2. The molecular weight excluding hydrogens is 704 g/mol. The summed E-state index contributed by atoms with van der Waals surface area (Å²) in [7, 11) is 2.88. The number of imidazole rings is 2. The number of rotatable bonds is 10. The van der Waals surface area contributed by atoms with Crippen LogP contribution in [0.4, 0.5) is 9.59 Å². The van der Waals surface area contributed by atoms with E-state index in [1.807, 2.05) is 76.2 Å². The number of carbonyl (C=O) groups excluding carboxylic acids is 2. The van der Waals surface area contributed by atoms with Crippen LogP contribution in [0.15, 0.2) is 52.9 Å². The lowest BCUT2D eigenvalue weighted by Crippen LogP contribution is -2.51. The second-order valence-electron chi connectivity index (χ2n) is 15.4. The van der Waals surface area contributed by atoms with Crippen LogP contribution in [0.25, 0.3) is 44.7 Å². The van der Waals surface area contributed by atoms with Crippen molar-refractivity contribution in [1.29, 1.82) is 0 Å². The first kappa shape index (κ1) is 37.5. The van der Waals surface area contributed by atoms with Gasteiger partial charge < -0.3 is 34.4 Å². The van der Waals surface area contributed by atoms with Gasteiger partial charge >= 0.3 is 12.2 Å². The minimum atomic E-state index is -1.14. The SMILES string of the molecule is CC(C)[C@@H](C(=O)N1CCC[C@H]1c1nc2cc(-c3ccc(-c4ccc5[nH]c([C@@H]6CCCN6C(=O)[C@H](C(C)C)N(C)C(=O)O)nc5c4)o3)ccc2[nH]1)N(C)C(=O)O. The van der Waals surface area contributed by atoms with Gasteiger partial charge in [0.15, 0.2) is 0 Å². The van der Waals surface area contributed by atoms with Gasteiger partial charge in [-0.05, 0) is 86.1 Å². The van der Waals surface area contributed by atoms with Crippen LogP contribution in [0, 0.1) is 11.8 Å². The molecule has 0 spiro atoms. The molecule has 2 fully saturated rings. The molecule has 15 nitrogen and oxygen atoms in total. The lowest BCUT2D eigenvalue weighted by Gasteiger charge is -2.33. The van der Waals surface area contributed by atoms with Crippen molar-refractivity contribution in [2.75, 3.05) is 27.2 Å². The van der Waals surface area contributed by atoms with Gasteiger partial charge in [-0.15, -0.1) is 0 Å². The maximum absolute atomic E-state index is 13.7. The Hall–Kier alpha value is -5.86. The van der Waals surface area contributed by atoms with Gasteiger partial charge in [-0.3, -0.25) is 19.4 Å². The van der Waals surface area contributed by atoms with E-state index < -0.39 is 24.3 Å². The number of benzene rings is 2. The quantitative estimate of drug-likeness (QED) is 0.117. The van der Waals surface area contributed by atoms with E-state index in [1.165, 1.54) is 14.1 Å². The average molecular weight is 753 g/mol. The number of H-pyrrole nitrogens is 2. The number of aromatic nitrogens is 4. The number of furan rings is 1. The van der Waals surface area contributed by atoms with Gasteiger partial charge in [-0.2, -0.15) is 0 Å². The molecule has 3 aromatic heterocycles. The third-order valence-electron chi connectivity index (χ3n) is 11.1. The van der Waals surface area contributed by atoms with Gasteiger partial charge in [-0.25, -0.2) is 19.6 Å². The molecule has 290 valence electrons. The molecule has 55 heavy (non-hydrogen) atoms. The van der Waals surface area contributed by atoms with Crippen LogP contribution >= 0.6 is 0 Å². The smallest absolute Gasteiger partial charge is 0.407 e. The molecule has 0 unspecified atom stereocenters. The largest absolute Gasteiger partial charge is 0.465 e. The molecule has 2 aliphatic heterocycles. The molecule has 5 aromatic rings. The van der Waals surface area contributed by atoms with Gasteiger partial charge in [0, 0.05) is 38.3 Å². The van der Waals surface area contributed by atoms with Crippen molar-refractivity contribution in [2.24, 2.45) is 11.8 Å². The predicted molar refractivity (Wildman–Crippen MR) is 205 cm³/mol. The zero-order valence-corrected chi connectivity index (χ0v) is 31.9. The Kier molecular flexibility index (Phi) is 10.1. The Balaban J connectivity index is 1.09. The van der Waals surface area contributed by atoms with Crippen LogP contribution in [0.5, 0.6) is 0 Å². The lowest BCUT2D eigenvalue weighted by molar-refractivity contribution is -0.139. The Morgan fingerprint density at radius 3 is 1.45 bits per heavy atom. The van der Waals surface area contributed by atoms with Crippen molar-refractivity contribution < 1.29 is 33.8 Å². The molecule has 2 saturated heterocycles. The lowest BCUT2D eigenvalue weighted by atomic mass is 10.0. The molecule has 4 N–H and O–H groups in total. The van der Waals surface area contributed by atoms with Crippen LogP contribution in [-0.2, 0) is 9.59 Å². The average Bonchev–Trinajstić information content (AvgIpc) is 3.99. The second kappa shape index (κ2) is 14.8. The van der Waals surface area contributed by atoms with Crippen molar-refractivity contribution in [2.45, 2.75) is 77.5 Å². The zero-order valence-electron chi connectivity index (χ0n) is 31.9. The number of nitrogens with one attached hydrogen (secondary N) is 2. The summed E-state index contributed by atoms with van der Waals surface area (Å²) in [6, 6.07) is 13.4. The highest BCUT2D eigenvalue weighted by atomic mass is 16.4. The monoisotopic (exact) mass is 752 g/mol.